The molecule has 8 nitrogen and oxygen atoms in total. The fourth-order valence-corrected chi connectivity index (χ4v) is 11.7. The predicted molar refractivity (Wildman–Crippen MR) is 170 cm³/mol. The molecule has 0 heterocycles. The fourth-order valence-electron chi connectivity index (χ4n) is 10.7. The highest BCUT2D eigenvalue weighted by atomic mass is 32.2. The maximum Gasteiger partial charge on any atom is 0.328 e. The predicted octanol–water partition coefficient (Wildman–Crippen LogP) is 5.39. The van der Waals surface area contributed by atoms with E-state index < -0.39 is 16.1 Å². The third-order valence-electron chi connectivity index (χ3n) is 12.9. The minimum Gasteiger partial charge on any atom is -0.393 e. The minimum absolute atomic E-state index is 0.0579. The van der Waals surface area contributed by atoms with Gasteiger partial charge in [0.05, 0.1) is 17.1 Å². The summed E-state index contributed by atoms with van der Waals surface area (Å²) in [6.07, 6.45) is 8.58. The Morgan fingerprint density at radius 2 is 1.74 bits per heavy atom. The summed E-state index contributed by atoms with van der Waals surface area (Å²) >= 11 is 0. The number of sulfonamides is 1. The van der Waals surface area contributed by atoms with Gasteiger partial charge in [-0.25, -0.2) is 17.9 Å². The highest BCUT2D eigenvalue weighted by molar-refractivity contribution is 7.90. The number of benzene rings is 1. The summed E-state index contributed by atoms with van der Waals surface area (Å²) in [5.41, 5.74) is 1.09. The van der Waals surface area contributed by atoms with Gasteiger partial charge in [0.1, 0.15) is 0 Å². The van der Waals surface area contributed by atoms with Crippen molar-refractivity contribution in [3.8, 4) is 0 Å². The summed E-state index contributed by atoms with van der Waals surface area (Å²) in [4.78, 5) is 14.5. The summed E-state index contributed by atoms with van der Waals surface area (Å²) in [5, 5.41) is 25.3. The first-order valence-corrected chi connectivity index (χ1v) is 18.2. The molecule has 1 aromatic carbocycles. The van der Waals surface area contributed by atoms with Gasteiger partial charge >= 0.3 is 6.03 Å². The topological polar surface area (TPSA) is 119 Å². The maximum atomic E-state index is 12.8. The first-order valence-electron chi connectivity index (χ1n) is 16.7. The van der Waals surface area contributed by atoms with E-state index in [-0.39, 0.29) is 33.9 Å². The summed E-state index contributed by atoms with van der Waals surface area (Å²) in [6.45, 7) is 9.84. The summed E-state index contributed by atoms with van der Waals surface area (Å²) < 4.78 is 27.8. The van der Waals surface area contributed by atoms with E-state index in [1.807, 2.05) is 25.1 Å². The molecule has 4 fully saturated rings. The second-order valence-electron chi connectivity index (χ2n) is 15.1. The molecule has 242 valence electrons. The van der Waals surface area contributed by atoms with Crippen molar-refractivity contribution in [2.45, 2.75) is 103 Å². The lowest BCUT2D eigenvalue weighted by molar-refractivity contribution is -0.203. The van der Waals surface area contributed by atoms with Crippen LogP contribution in [0, 0.1) is 52.3 Å². The molecule has 0 aromatic heterocycles. The molecule has 2 amide bonds. The molecule has 4 aliphatic carbocycles. The van der Waals surface area contributed by atoms with Gasteiger partial charge in [-0.15, -0.1) is 0 Å². The van der Waals surface area contributed by atoms with Crippen LogP contribution in [0.3, 0.4) is 0 Å². The van der Waals surface area contributed by atoms with E-state index in [1.165, 1.54) is 12.5 Å². The van der Waals surface area contributed by atoms with Crippen molar-refractivity contribution in [2.75, 3.05) is 25.5 Å². The Bertz CT molecular complexity index is 1270. The van der Waals surface area contributed by atoms with Gasteiger partial charge in [0.15, 0.2) is 0 Å². The average molecular weight is 618 g/mol. The minimum atomic E-state index is -3.97. The standard InChI is InChI=1S/C34H55N3O5S/c1-7-25-29-20-23(38)13-16-34(29,4)28-14-17-33(3)26(11-12-27(33)30(28)31(25)39)21(2)15-18-35-32(40)36-43(41,42)24-10-8-9-22(19-24)37(5)6/h8-10,19,21,23,25-31,38-39H,7,11-18,20H2,1-6H3,(H2,35,36,40)/t21-,23-,25-,26-,27?,28?,29+,30+,31-,33-,34-/m1/s1. The van der Waals surface area contributed by atoms with Gasteiger partial charge in [-0.05, 0) is 122 Å². The lowest BCUT2D eigenvalue weighted by Crippen LogP contribution is -2.62. The van der Waals surface area contributed by atoms with Gasteiger partial charge in [0.2, 0.25) is 0 Å². The molecule has 4 saturated carbocycles. The smallest absolute Gasteiger partial charge is 0.328 e. The van der Waals surface area contributed by atoms with Crippen molar-refractivity contribution in [1.82, 2.24) is 10.0 Å². The summed E-state index contributed by atoms with van der Waals surface area (Å²) in [7, 11) is -0.301. The largest absolute Gasteiger partial charge is 0.393 e. The van der Waals surface area contributed by atoms with Gasteiger partial charge in [0, 0.05) is 26.3 Å². The quantitative estimate of drug-likeness (QED) is 0.311. The van der Waals surface area contributed by atoms with Crippen molar-refractivity contribution < 1.29 is 23.4 Å². The van der Waals surface area contributed by atoms with Crippen LogP contribution in [0.5, 0.6) is 0 Å². The fraction of sp³-hybridized carbons (Fsp3) is 0.794. The number of amides is 2. The van der Waals surface area contributed by atoms with Gasteiger partial charge in [0.25, 0.3) is 10.0 Å². The molecule has 0 spiro atoms. The molecule has 0 bridgehead atoms. The van der Waals surface area contributed by atoms with Crippen molar-refractivity contribution in [3.05, 3.63) is 24.3 Å². The highest BCUT2D eigenvalue weighted by Gasteiger charge is 2.64. The maximum absolute atomic E-state index is 12.8. The molecule has 43 heavy (non-hydrogen) atoms. The van der Waals surface area contributed by atoms with Crippen molar-refractivity contribution in [1.29, 1.82) is 0 Å². The number of carbonyl (C=O) groups is 1. The number of fused-ring (bicyclic) bond motifs is 5. The van der Waals surface area contributed by atoms with Crippen LogP contribution < -0.4 is 14.9 Å². The Kier molecular flexibility index (Phi) is 9.21. The molecular weight excluding hydrogens is 562 g/mol. The van der Waals surface area contributed by atoms with E-state index in [1.54, 1.807) is 12.1 Å². The van der Waals surface area contributed by atoms with Gasteiger partial charge in [-0.1, -0.05) is 40.2 Å². The third kappa shape index (κ3) is 5.83. The van der Waals surface area contributed by atoms with Crippen LogP contribution in [0.4, 0.5) is 10.5 Å². The van der Waals surface area contributed by atoms with Gasteiger partial charge in [-0.3, -0.25) is 0 Å². The van der Waals surface area contributed by atoms with Crippen molar-refractivity contribution in [3.63, 3.8) is 0 Å². The Morgan fingerprint density at radius 3 is 2.44 bits per heavy atom. The molecule has 4 aliphatic rings. The number of hydrogen-bond donors (Lipinski definition) is 4. The molecule has 1 aromatic rings. The number of rotatable bonds is 8. The van der Waals surface area contributed by atoms with Crippen LogP contribution in [0.1, 0.15) is 85.5 Å². The molecule has 11 atom stereocenters. The first kappa shape index (κ1) is 32.6. The number of aliphatic hydroxyl groups is 2. The van der Waals surface area contributed by atoms with Gasteiger partial charge in [-0.2, -0.15) is 0 Å². The second-order valence-corrected chi connectivity index (χ2v) is 16.8. The number of carbonyl (C=O) groups excluding carboxylic acids is 1. The highest BCUT2D eigenvalue weighted by Crippen LogP contribution is 2.69. The molecular formula is C34H55N3O5S. The van der Waals surface area contributed by atoms with E-state index in [9.17, 15) is 23.4 Å². The van der Waals surface area contributed by atoms with E-state index in [0.29, 0.717) is 42.1 Å². The van der Waals surface area contributed by atoms with E-state index in [0.717, 1.165) is 57.1 Å². The Labute approximate surface area is 259 Å². The summed E-state index contributed by atoms with van der Waals surface area (Å²) in [5.74, 6) is 2.85. The zero-order chi connectivity index (χ0) is 31.3. The normalized spacial score (nSPS) is 39.6. The van der Waals surface area contributed by atoms with Crippen LogP contribution in [0.2, 0.25) is 0 Å². The van der Waals surface area contributed by atoms with E-state index >= 15 is 0 Å². The Balaban J connectivity index is 1.21. The SMILES string of the molecule is CC[C@H]1[C@@H](O)[C@H]2C3CC[C@H]([C@H](C)CCNC(=O)NS(=O)(=O)c4cccc(N(C)C)c4)[C@@]3(C)CCC2[C@@]2(C)CC[C@@H](O)C[C@@H]12. The Hall–Kier alpha value is -1.84. The molecule has 4 N–H and O–H groups in total. The average Bonchev–Trinajstić information content (AvgIpc) is 3.31. The number of hydrogen-bond acceptors (Lipinski definition) is 6. The zero-order valence-corrected chi connectivity index (χ0v) is 27.9. The molecule has 2 unspecified atom stereocenters. The molecule has 0 saturated heterocycles. The van der Waals surface area contributed by atoms with Crippen LogP contribution in [0.15, 0.2) is 29.2 Å². The monoisotopic (exact) mass is 617 g/mol. The number of nitrogens with zero attached hydrogens (tertiary/aromatic N) is 1. The second kappa shape index (κ2) is 12.2. The number of nitrogens with one attached hydrogen (secondary N) is 2. The van der Waals surface area contributed by atoms with Crippen LogP contribution in [-0.2, 0) is 10.0 Å². The van der Waals surface area contributed by atoms with Crippen molar-refractivity contribution in [2.24, 2.45) is 52.3 Å². The lowest BCUT2D eigenvalue weighted by atomic mass is 9.41. The van der Waals surface area contributed by atoms with Crippen LogP contribution in [-0.4, -0.2) is 57.5 Å². The Morgan fingerprint density at radius 1 is 1.05 bits per heavy atom. The summed E-state index contributed by atoms with van der Waals surface area (Å²) in [6, 6.07) is 5.82. The number of aliphatic hydroxyl groups excluding tert-OH is 2. The third-order valence-corrected chi connectivity index (χ3v) is 14.2. The molecule has 0 radical (unpaired) electrons. The first-order chi connectivity index (χ1) is 20.2. The van der Waals surface area contributed by atoms with Crippen LogP contribution >= 0.6 is 0 Å². The zero-order valence-electron chi connectivity index (χ0n) is 27.1. The van der Waals surface area contributed by atoms with Gasteiger partial charge < -0.3 is 20.4 Å². The van der Waals surface area contributed by atoms with E-state index in [4.69, 9.17) is 0 Å². The number of anilines is 1. The molecule has 5 rings (SSSR count). The van der Waals surface area contributed by atoms with Crippen molar-refractivity contribution >= 4 is 21.7 Å². The molecule has 0 aliphatic heterocycles. The van der Waals surface area contributed by atoms with Crippen LogP contribution in [0.25, 0.3) is 0 Å². The lowest BCUT2D eigenvalue weighted by Gasteiger charge is -2.64. The number of urea groups is 1. The van der Waals surface area contributed by atoms with E-state index in [2.05, 4.69) is 37.7 Å². The molecule has 9 heteroatoms.